The molecule has 0 fully saturated rings. The third-order valence-electron chi connectivity index (χ3n) is 8.94. The zero-order valence-electron chi connectivity index (χ0n) is 25.3. The van der Waals surface area contributed by atoms with Gasteiger partial charge in [-0.1, -0.05) is 121 Å². The quantitative estimate of drug-likeness (QED) is 0.199. The molecular weight excluding hydrogens is 562 g/mol. The highest BCUT2D eigenvalue weighted by atomic mass is 16.3. The fourth-order valence-electron chi connectivity index (χ4n) is 6.73. The van der Waals surface area contributed by atoms with Crippen molar-refractivity contribution in [1.82, 2.24) is 0 Å². The number of anilines is 3. The molecular formula is C43H29NO2. The van der Waals surface area contributed by atoms with Gasteiger partial charge in [0.1, 0.15) is 16.7 Å². The molecule has 3 nitrogen and oxygen atoms in total. The number of rotatable bonds is 5. The lowest BCUT2D eigenvalue weighted by atomic mass is 10.0. The first-order chi connectivity index (χ1) is 22.7. The van der Waals surface area contributed by atoms with Crippen LogP contribution >= 0.6 is 0 Å². The van der Waals surface area contributed by atoms with Crippen LogP contribution in [0.2, 0.25) is 0 Å². The van der Waals surface area contributed by atoms with Gasteiger partial charge in [-0.15, -0.1) is 0 Å². The van der Waals surface area contributed by atoms with E-state index in [1.165, 1.54) is 16.7 Å². The molecule has 7 aromatic carbocycles. The minimum atomic E-state index is 0.864. The zero-order valence-corrected chi connectivity index (χ0v) is 25.3. The van der Waals surface area contributed by atoms with Gasteiger partial charge in [-0.2, -0.15) is 0 Å². The van der Waals surface area contributed by atoms with E-state index in [0.29, 0.717) is 0 Å². The third kappa shape index (κ3) is 4.28. The van der Waals surface area contributed by atoms with Crippen LogP contribution in [0.5, 0.6) is 0 Å². The molecule has 0 bridgehead atoms. The molecule has 9 rings (SSSR count). The third-order valence-corrected chi connectivity index (χ3v) is 8.94. The van der Waals surface area contributed by atoms with Crippen molar-refractivity contribution in [2.45, 2.75) is 6.92 Å². The Balaban J connectivity index is 1.19. The van der Waals surface area contributed by atoms with Gasteiger partial charge in [-0.05, 0) is 66.1 Å². The lowest BCUT2D eigenvalue weighted by molar-refractivity contribution is 0.669. The Morgan fingerprint density at radius 1 is 0.413 bits per heavy atom. The Hall–Kier alpha value is -6.06. The lowest BCUT2D eigenvalue weighted by Crippen LogP contribution is -2.10. The second kappa shape index (κ2) is 10.5. The monoisotopic (exact) mass is 591 g/mol. The van der Waals surface area contributed by atoms with Crippen LogP contribution in [0.15, 0.2) is 167 Å². The summed E-state index contributed by atoms with van der Waals surface area (Å²) in [6.07, 6.45) is 0. The van der Waals surface area contributed by atoms with Crippen LogP contribution in [-0.2, 0) is 0 Å². The summed E-state index contributed by atoms with van der Waals surface area (Å²) in [5.41, 5.74) is 12.5. The van der Waals surface area contributed by atoms with E-state index in [4.69, 9.17) is 8.83 Å². The molecule has 0 aliphatic heterocycles. The molecule has 2 heterocycles. The number of aryl methyl sites for hydroxylation is 1. The second-order valence-electron chi connectivity index (χ2n) is 11.8. The number of para-hydroxylation sites is 4. The highest BCUT2D eigenvalue weighted by Crippen LogP contribution is 2.43. The van der Waals surface area contributed by atoms with E-state index >= 15 is 0 Å². The molecule has 0 N–H and O–H groups in total. The minimum Gasteiger partial charge on any atom is -0.455 e. The number of benzene rings is 7. The first kappa shape index (κ1) is 26.4. The van der Waals surface area contributed by atoms with Crippen LogP contribution in [0.25, 0.3) is 66.1 Å². The first-order valence-electron chi connectivity index (χ1n) is 15.6. The van der Waals surface area contributed by atoms with E-state index < -0.39 is 0 Å². The summed E-state index contributed by atoms with van der Waals surface area (Å²) in [5, 5.41) is 4.48. The molecule has 0 spiro atoms. The van der Waals surface area contributed by atoms with E-state index in [1.54, 1.807) is 0 Å². The average Bonchev–Trinajstić information content (AvgIpc) is 3.68. The maximum Gasteiger partial charge on any atom is 0.159 e. The highest BCUT2D eigenvalue weighted by molar-refractivity contribution is 6.11. The Bertz CT molecular complexity index is 2530. The summed E-state index contributed by atoms with van der Waals surface area (Å²) in [6, 6.07) is 55.4. The molecule has 0 atom stereocenters. The van der Waals surface area contributed by atoms with Gasteiger partial charge in [0.15, 0.2) is 5.58 Å². The van der Waals surface area contributed by atoms with Gasteiger partial charge in [0, 0.05) is 38.5 Å². The number of hydrogen-bond donors (Lipinski definition) is 0. The van der Waals surface area contributed by atoms with Gasteiger partial charge in [-0.3, -0.25) is 0 Å². The maximum atomic E-state index is 6.53. The molecule has 9 aromatic rings. The summed E-state index contributed by atoms with van der Waals surface area (Å²) in [5.74, 6) is 0. The average molecular weight is 592 g/mol. The van der Waals surface area contributed by atoms with Gasteiger partial charge in [0.25, 0.3) is 0 Å². The summed E-state index contributed by atoms with van der Waals surface area (Å²) in [7, 11) is 0. The van der Waals surface area contributed by atoms with Crippen LogP contribution in [0.4, 0.5) is 17.1 Å². The van der Waals surface area contributed by atoms with Gasteiger partial charge < -0.3 is 13.7 Å². The fourth-order valence-corrected chi connectivity index (χ4v) is 6.73. The minimum absolute atomic E-state index is 0.864. The molecule has 0 saturated carbocycles. The van der Waals surface area contributed by atoms with Crippen molar-refractivity contribution in [2.75, 3.05) is 4.90 Å². The summed E-state index contributed by atoms with van der Waals surface area (Å²) >= 11 is 0. The van der Waals surface area contributed by atoms with Crippen LogP contribution in [0, 0.1) is 6.92 Å². The van der Waals surface area contributed by atoms with Crippen LogP contribution in [-0.4, -0.2) is 0 Å². The molecule has 46 heavy (non-hydrogen) atoms. The van der Waals surface area contributed by atoms with Crippen molar-refractivity contribution >= 4 is 60.9 Å². The number of nitrogens with zero attached hydrogens (tertiary/aromatic N) is 1. The van der Waals surface area contributed by atoms with Gasteiger partial charge in [-0.25, -0.2) is 0 Å². The summed E-state index contributed by atoms with van der Waals surface area (Å²) in [4.78, 5) is 2.29. The zero-order chi connectivity index (χ0) is 30.6. The van der Waals surface area contributed by atoms with Crippen molar-refractivity contribution in [1.29, 1.82) is 0 Å². The smallest absolute Gasteiger partial charge is 0.159 e. The number of hydrogen-bond acceptors (Lipinski definition) is 3. The van der Waals surface area contributed by atoms with Crippen molar-refractivity contribution in [3.8, 4) is 22.3 Å². The highest BCUT2D eigenvalue weighted by Gasteiger charge is 2.20. The number of furan rings is 2. The van der Waals surface area contributed by atoms with Crippen molar-refractivity contribution in [3.05, 3.63) is 163 Å². The van der Waals surface area contributed by atoms with Crippen molar-refractivity contribution in [2.24, 2.45) is 0 Å². The lowest BCUT2D eigenvalue weighted by Gasteiger charge is -2.26. The molecule has 0 aliphatic carbocycles. The maximum absolute atomic E-state index is 6.53. The van der Waals surface area contributed by atoms with Gasteiger partial charge in [0.2, 0.25) is 0 Å². The van der Waals surface area contributed by atoms with Gasteiger partial charge in [0.05, 0.1) is 5.69 Å². The topological polar surface area (TPSA) is 29.5 Å². The van der Waals surface area contributed by atoms with E-state index in [-0.39, 0.29) is 0 Å². The SMILES string of the molecule is Cc1cccc(-c2ccc(N(c3ccc(-c4cccc5c4oc4ccccc45)cc3)c3cccc4c3oc3ccccc34)cc2)c1. The van der Waals surface area contributed by atoms with Crippen molar-refractivity contribution < 1.29 is 8.83 Å². The molecule has 0 saturated heterocycles. The molecule has 0 amide bonds. The second-order valence-corrected chi connectivity index (χ2v) is 11.8. The van der Waals surface area contributed by atoms with E-state index in [0.717, 1.165) is 72.1 Å². The predicted molar refractivity (Wildman–Crippen MR) is 191 cm³/mol. The fraction of sp³-hybridized carbons (Fsp3) is 0.0233. The Morgan fingerprint density at radius 2 is 0.957 bits per heavy atom. The molecule has 0 radical (unpaired) electrons. The van der Waals surface area contributed by atoms with Crippen LogP contribution < -0.4 is 4.90 Å². The molecule has 218 valence electrons. The first-order valence-corrected chi connectivity index (χ1v) is 15.6. The molecule has 0 aliphatic rings. The molecule has 2 aromatic heterocycles. The number of fused-ring (bicyclic) bond motifs is 6. The normalized spacial score (nSPS) is 11.6. The molecule has 0 unspecified atom stereocenters. The Labute approximate surface area is 266 Å². The van der Waals surface area contributed by atoms with Crippen LogP contribution in [0.3, 0.4) is 0 Å². The predicted octanol–water partition coefficient (Wildman–Crippen LogP) is 12.6. The summed E-state index contributed by atoms with van der Waals surface area (Å²) in [6.45, 7) is 2.13. The Kier molecular flexibility index (Phi) is 6.04. The Morgan fingerprint density at radius 3 is 1.63 bits per heavy atom. The van der Waals surface area contributed by atoms with Gasteiger partial charge >= 0.3 is 0 Å². The van der Waals surface area contributed by atoms with E-state index in [9.17, 15) is 0 Å². The summed E-state index contributed by atoms with van der Waals surface area (Å²) < 4.78 is 12.9. The van der Waals surface area contributed by atoms with Crippen molar-refractivity contribution in [3.63, 3.8) is 0 Å². The van der Waals surface area contributed by atoms with Crippen LogP contribution in [0.1, 0.15) is 5.56 Å². The standard InChI is InChI=1S/C43H29NO2/c1-28-9-6-10-31(27-28)29-19-23-32(24-20-29)44(39-16-8-15-38-36-12-3-5-18-41(36)46-43(38)39)33-25-21-30(22-26-33)34-13-7-14-37-35-11-2-4-17-40(35)45-42(34)37/h2-27H,1H3. The molecule has 3 heteroatoms. The largest absolute Gasteiger partial charge is 0.455 e. The van der Waals surface area contributed by atoms with E-state index in [2.05, 4.69) is 145 Å². The van der Waals surface area contributed by atoms with E-state index in [1.807, 2.05) is 24.3 Å².